The lowest BCUT2D eigenvalue weighted by Crippen LogP contribution is -2.57. The third-order valence-corrected chi connectivity index (χ3v) is 10.3. The predicted molar refractivity (Wildman–Crippen MR) is 143 cm³/mol. The maximum absolute atomic E-state index is 14.2. The van der Waals surface area contributed by atoms with E-state index >= 15 is 0 Å². The summed E-state index contributed by atoms with van der Waals surface area (Å²) in [6.07, 6.45) is 9.88. The van der Waals surface area contributed by atoms with Crippen LogP contribution in [0, 0.1) is 11.8 Å². The first-order valence-electron chi connectivity index (χ1n) is 13.6. The second-order valence-electron chi connectivity index (χ2n) is 10.6. The molecule has 6 atom stereocenters. The third kappa shape index (κ3) is 5.00. The van der Waals surface area contributed by atoms with Crippen molar-refractivity contribution in [1.29, 1.82) is 0 Å². The van der Waals surface area contributed by atoms with Crippen LogP contribution in [0.1, 0.15) is 72.1 Å². The van der Waals surface area contributed by atoms with Crippen molar-refractivity contribution < 1.29 is 24.2 Å². The number of carbonyl (C=O) groups excluding carboxylic acids is 3. The molecule has 1 N–H and O–H groups in total. The zero-order valence-corrected chi connectivity index (χ0v) is 23.1. The Balaban J connectivity index is 1.97. The molecule has 7 nitrogen and oxygen atoms in total. The summed E-state index contributed by atoms with van der Waals surface area (Å²) in [6, 6.07) is -1.17. The number of aliphatic hydroxyl groups is 1. The van der Waals surface area contributed by atoms with Crippen LogP contribution in [0.3, 0.4) is 0 Å². The highest BCUT2D eigenvalue weighted by Crippen LogP contribution is 2.71. The van der Waals surface area contributed by atoms with Crippen molar-refractivity contribution in [2.24, 2.45) is 11.8 Å². The predicted octanol–water partition coefficient (Wildman–Crippen LogP) is 3.95. The minimum Gasteiger partial charge on any atom is -0.465 e. The number of hydrogen-bond acceptors (Lipinski definition) is 6. The summed E-state index contributed by atoms with van der Waals surface area (Å²) in [4.78, 5) is 45.2. The van der Waals surface area contributed by atoms with Crippen molar-refractivity contribution in [3.8, 4) is 0 Å². The van der Waals surface area contributed by atoms with E-state index in [2.05, 4.69) is 27.0 Å². The molecule has 3 rings (SSSR count). The van der Waals surface area contributed by atoms with Gasteiger partial charge in [-0.25, -0.2) is 0 Å². The first-order valence-corrected chi connectivity index (χ1v) is 14.4. The maximum atomic E-state index is 14.2. The van der Waals surface area contributed by atoms with Gasteiger partial charge in [0, 0.05) is 17.8 Å². The number of unbranched alkanes of at least 4 members (excludes halogenated alkanes) is 3. The molecule has 3 aliphatic rings. The molecule has 3 fully saturated rings. The number of rotatable bonds is 15. The molecule has 0 aromatic carbocycles. The molecular formula is C28H44N2O5S. The van der Waals surface area contributed by atoms with E-state index in [4.69, 9.17) is 4.74 Å². The molecule has 3 saturated heterocycles. The summed E-state index contributed by atoms with van der Waals surface area (Å²) in [7, 11) is 0. The second kappa shape index (κ2) is 12.2. The number of hydrogen-bond donors (Lipinski definition) is 1. The lowest BCUT2D eigenvalue weighted by molar-refractivity contribution is -0.156. The number of amides is 2. The molecule has 2 unspecified atom stereocenters. The topological polar surface area (TPSA) is 87.1 Å². The quantitative estimate of drug-likeness (QED) is 0.200. The van der Waals surface area contributed by atoms with Crippen LogP contribution in [0.5, 0.6) is 0 Å². The van der Waals surface area contributed by atoms with Gasteiger partial charge < -0.3 is 19.6 Å². The van der Waals surface area contributed by atoms with E-state index in [0.29, 0.717) is 32.5 Å². The van der Waals surface area contributed by atoms with Crippen LogP contribution in [-0.4, -0.2) is 80.6 Å². The Kier molecular flexibility index (Phi) is 9.72. The molecule has 0 aromatic heterocycles. The van der Waals surface area contributed by atoms with E-state index in [1.807, 2.05) is 13.0 Å². The SMILES string of the molecule is C=CCCCCOC(=O)[C@H]1[C@H]2C(=O)N([C@@H](CC)CO)C(C(=O)N(CC=C)CCCC)C23CC[C@]1(C)S3. The summed E-state index contributed by atoms with van der Waals surface area (Å²) in [5, 5.41) is 10.2. The van der Waals surface area contributed by atoms with E-state index in [1.165, 1.54) is 0 Å². The van der Waals surface area contributed by atoms with Gasteiger partial charge in [-0.2, -0.15) is 0 Å². The molecule has 36 heavy (non-hydrogen) atoms. The van der Waals surface area contributed by atoms with Crippen molar-refractivity contribution >= 4 is 29.5 Å². The van der Waals surface area contributed by atoms with Gasteiger partial charge in [-0.05, 0) is 51.9 Å². The van der Waals surface area contributed by atoms with E-state index in [-0.39, 0.29) is 24.4 Å². The number of aliphatic hydroxyl groups excluding tert-OH is 1. The highest BCUT2D eigenvalue weighted by atomic mass is 32.2. The smallest absolute Gasteiger partial charge is 0.311 e. The molecule has 0 saturated carbocycles. The van der Waals surface area contributed by atoms with E-state index in [9.17, 15) is 19.5 Å². The summed E-state index contributed by atoms with van der Waals surface area (Å²) < 4.78 is 4.57. The number of fused-ring (bicyclic) bond motifs is 1. The second-order valence-corrected chi connectivity index (χ2v) is 12.5. The Morgan fingerprint density at radius 3 is 2.61 bits per heavy atom. The standard InChI is InChI=1S/C28H44N2O5S/c1-6-10-12-13-18-35-26(34)22-21-24(32)30(20(9-4)19-31)23(28(21)15-14-27(22,5)36-28)25(33)29(16-8-3)17-11-7-2/h6,8,20-23,31H,1,3,7,9-19H2,2,4-5H3/t20-,21-,22+,23?,27-,28?/m0/s1. The average Bonchev–Trinajstić information content (AvgIpc) is 3.43. The zero-order chi connectivity index (χ0) is 26.5. The van der Waals surface area contributed by atoms with Crippen molar-refractivity contribution in [1.82, 2.24) is 9.80 Å². The van der Waals surface area contributed by atoms with E-state index in [1.54, 1.807) is 27.6 Å². The molecule has 0 radical (unpaired) electrons. The third-order valence-electron chi connectivity index (χ3n) is 8.27. The highest BCUT2D eigenvalue weighted by molar-refractivity contribution is 8.02. The van der Waals surface area contributed by atoms with Crippen molar-refractivity contribution in [2.45, 2.75) is 93.7 Å². The van der Waals surface area contributed by atoms with Gasteiger partial charge in [0.1, 0.15) is 6.04 Å². The number of thioether (sulfide) groups is 1. The first kappa shape index (κ1) is 28.8. The molecule has 3 aliphatic heterocycles. The van der Waals surface area contributed by atoms with Gasteiger partial charge in [-0.1, -0.05) is 32.4 Å². The Bertz CT molecular complexity index is 846. The molecule has 0 aliphatic carbocycles. The normalized spacial score (nSPS) is 31.3. The number of ether oxygens (including phenoxy) is 1. The lowest BCUT2D eigenvalue weighted by Gasteiger charge is -2.39. The zero-order valence-electron chi connectivity index (χ0n) is 22.2. The fourth-order valence-corrected chi connectivity index (χ4v) is 8.76. The Hall–Kier alpha value is -1.80. The van der Waals surface area contributed by atoms with Crippen molar-refractivity contribution in [2.75, 3.05) is 26.3 Å². The van der Waals surface area contributed by atoms with Crippen LogP contribution < -0.4 is 0 Å². The molecule has 3 heterocycles. The fraction of sp³-hybridized carbons (Fsp3) is 0.750. The summed E-state index contributed by atoms with van der Waals surface area (Å²) in [6.45, 7) is 14.7. The van der Waals surface area contributed by atoms with Crippen LogP contribution in [0.25, 0.3) is 0 Å². The van der Waals surface area contributed by atoms with E-state index < -0.39 is 33.4 Å². The fourth-order valence-electron chi connectivity index (χ4n) is 6.43. The van der Waals surface area contributed by atoms with Gasteiger partial charge in [-0.15, -0.1) is 24.9 Å². The molecule has 2 amide bonds. The minimum atomic E-state index is -0.707. The number of esters is 1. The Labute approximate surface area is 220 Å². The van der Waals surface area contributed by atoms with Gasteiger partial charge in [0.15, 0.2) is 0 Å². The Morgan fingerprint density at radius 2 is 2.00 bits per heavy atom. The average molecular weight is 521 g/mol. The van der Waals surface area contributed by atoms with Crippen molar-refractivity contribution in [3.05, 3.63) is 25.3 Å². The van der Waals surface area contributed by atoms with Crippen LogP contribution in [0.2, 0.25) is 0 Å². The van der Waals surface area contributed by atoms with Gasteiger partial charge in [0.2, 0.25) is 11.8 Å². The Morgan fingerprint density at radius 1 is 1.25 bits per heavy atom. The highest BCUT2D eigenvalue weighted by Gasteiger charge is 2.78. The molecular weight excluding hydrogens is 476 g/mol. The van der Waals surface area contributed by atoms with Crippen LogP contribution in [-0.2, 0) is 19.1 Å². The number of nitrogens with zero attached hydrogens (tertiary/aromatic N) is 2. The molecule has 2 bridgehead atoms. The molecule has 1 spiro atoms. The van der Waals surface area contributed by atoms with Crippen LogP contribution in [0.4, 0.5) is 0 Å². The van der Waals surface area contributed by atoms with Gasteiger partial charge in [0.25, 0.3) is 0 Å². The summed E-state index contributed by atoms with van der Waals surface area (Å²) in [5.74, 6) is -1.83. The number of carbonyl (C=O) groups is 3. The summed E-state index contributed by atoms with van der Waals surface area (Å²) >= 11 is 1.65. The minimum absolute atomic E-state index is 0.0960. The summed E-state index contributed by atoms with van der Waals surface area (Å²) in [5.41, 5.74) is 0. The van der Waals surface area contributed by atoms with Crippen LogP contribution >= 0.6 is 11.8 Å². The molecule has 0 aromatic rings. The number of likely N-dealkylation sites (tertiary alicyclic amines) is 1. The first-order chi connectivity index (χ1) is 17.3. The largest absolute Gasteiger partial charge is 0.465 e. The lowest BCUT2D eigenvalue weighted by atomic mass is 9.66. The van der Waals surface area contributed by atoms with Crippen LogP contribution in [0.15, 0.2) is 25.3 Å². The van der Waals surface area contributed by atoms with Crippen molar-refractivity contribution in [3.63, 3.8) is 0 Å². The van der Waals surface area contributed by atoms with Gasteiger partial charge in [-0.3, -0.25) is 14.4 Å². The molecule has 8 heteroatoms. The van der Waals surface area contributed by atoms with Gasteiger partial charge >= 0.3 is 5.97 Å². The molecule has 202 valence electrons. The monoisotopic (exact) mass is 520 g/mol. The number of allylic oxidation sites excluding steroid dienone is 1. The maximum Gasteiger partial charge on any atom is 0.311 e. The van der Waals surface area contributed by atoms with E-state index in [0.717, 1.165) is 38.5 Å². The van der Waals surface area contributed by atoms with Gasteiger partial charge in [0.05, 0.1) is 35.8 Å².